The maximum absolute atomic E-state index is 8.94. The summed E-state index contributed by atoms with van der Waals surface area (Å²) in [5.74, 6) is -0.962. The van der Waals surface area contributed by atoms with Crippen LogP contribution in [0.1, 0.15) is 78.2 Å². The van der Waals surface area contributed by atoms with Crippen molar-refractivity contribution in [2.45, 2.75) is 60.0 Å². The van der Waals surface area contributed by atoms with Gasteiger partial charge in [-0.1, -0.05) is 117 Å². The van der Waals surface area contributed by atoms with Crippen molar-refractivity contribution in [1.82, 2.24) is 9.97 Å². The molecule has 275 valence electrons. The molecule has 6 aromatic carbocycles. The first-order valence-corrected chi connectivity index (χ1v) is 17.8. The van der Waals surface area contributed by atoms with E-state index < -0.39 is 33.3 Å². The summed E-state index contributed by atoms with van der Waals surface area (Å²) in [6, 6.07) is 40.5. The number of benzene rings is 6. The summed E-state index contributed by atoms with van der Waals surface area (Å²) in [5.41, 5.74) is 4.83. The zero-order valence-electron chi connectivity index (χ0n) is 43.2. The molecule has 0 fully saturated rings. The minimum Gasteiger partial charge on any atom is -0.500 e. The van der Waals surface area contributed by atoms with Crippen LogP contribution in [-0.2, 0) is 20.1 Å². The largest absolute Gasteiger partial charge is 0.500 e. The third-order valence-corrected chi connectivity index (χ3v) is 9.89. The Kier molecular flexibility index (Phi) is 7.30. The molecule has 0 saturated heterocycles. The predicted octanol–water partition coefficient (Wildman–Crippen LogP) is 14.1. The summed E-state index contributed by atoms with van der Waals surface area (Å²) in [4.78, 5) is 8.66. The summed E-state index contributed by atoms with van der Waals surface area (Å²) in [5, 5.41) is 6.02. The number of rotatable bonds is 6. The van der Waals surface area contributed by atoms with Gasteiger partial charge < -0.3 is 14.4 Å². The molecule has 0 N–H and O–H groups in total. The van der Waals surface area contributed by atoms with Crippen LogP contribution in [0.5, 0.6) is 0 Å². The van der Waals surface area contributed by atoms with Gasteiger partial charge in [-0.25, -0.2) is 0 Å². The van der Waals surface area contributed by atoms with Gasteiger partial charge in [-0.15, -0.1) is 53.6 Å². The third-order valence-electron chi connectivity index (χ3n) is 9.89. The Balaban J connectivity index is 0.000000274. The fraction of sp³-hybridized carbons (Fsp3) is 0.176. The molecule has 9 rings (SSSR count). The smallest absolute Gasteiger partial charge is 0.129 e. The van der Waals surface area contributed by atoms with E-state index in [0.717, 1.165) is 37.9 Å². The Bertz CT molecular complexity index is 3220. The van der Waals surface area contributed by atoms with Gasteiger partial charge in [0.05, 0.1) is 5.58 Å². The van der Waals surface area contributed by atoms with Crippen molar-refractivity contribution < 1.29 is 42.3 Å². The van der Waals surface area contributed by atoms with Gasteiger partial charge in [0.25, 0.3) is 0 Å². The Labute approximate surface area is 356 Å². The van der Waals surface area contributed by atoms with Crippen molar-refractivity contribution in [1.29, 1.82) is 0 Å². The molecule has 0 aliphatic carbocycles. The first-order chi connectivity index (χ1) is 31.5. The summed E-state index contributed by atoms with van der Waals surface area (Å²) in [6.07, 6.45) is 3.62. The summed E-state index contributed by atoms with van der Waals surface area (Å²) >= 11 is 0. The van der Waals surface area contributed by atoms with Crippen molar-refractivity contribution >= 4 is 43.5 Å². The van der Waals surface area contributed by atoms with E-state index in [4.69, 9.17) is 22.2 Å². The van der Waals surface area contributed by atoms with Crippen molar-refractivity contribution in [3.63, 3.8) is 0 Å². The van der Waals surface area contributed by atoms with E-state index in [1.807, 2.05) is 38.1 Å². The number of nitrogens with zero attached hydrogens (tertiary/aromatic N) is 2. The molecule has 0 amide bonds. The number of aryl methyl sites for hydroxylation is 4. The van der Waals surface area contributed by atoms with Crippen molar-refractivity contribution in [3.05, 3.63) is 168 Å². The predicted molar refractivity (Wildman–Crippen MR) is 227 cm³/mol. The molecule has 0 spiro atoms. The van der Waals surface area contributed by atoms with Crippen molar-refractivity contribution in [3.8, 4) is 33.6 Å². The molecule has 0 unspecified atom stereocenters. The average molecular weight is 906 g/mol. The zero-order valence-corrected chi connectivity index (χ0v) is 32.6. The number of fused-ring (bicyclic) bond motifs is 7. The second kappa shape index (κ2) is 16.1. The Hall–Kier alpha value is -5.41. The fourth-order valence-electron chi connectivity index (χ4n) is 7.09. The van der Waals surface area contributed by atoms with Crippen LogP contribution < -0.4 is 0 Å². The van der Waals surface area contributed by atoms with Gasteiger partial charge in [-0.05, 0) is 100 Å². The van der Waals surface area contributed by atoms with Gasteiger partial charge in [0, 0.05) is 61.1 Å². The van der Waals surface area contributed by atoms with Gasteiger partial charge in [0.15, 0.2) is 0 Å². The van der Waals surface area contributed by atoms with Gasteiger partial charge >= 0.3 is 0 Å². The van der Waals surface area contributed by atoms with E-state index in [9.17, 15) is 0 Å². The van der Waals surface area contributed by atoms with Gasteiger partial charge in [-0.3, -0.25) is 0 Å². The molecule has 9 aromatic rings. The minimum absolute atomic E-state index is 0. The number of furan rings is 1. The molecule has 0 bridgehead atoms. The van der Waals surface area contributed by atoms with Crippen LogP contribution >= 0.6 is 0 Å². The fourth-order valence-corrected chi connectivity index (χ4v) is 7.09. The van der Waals surface area contributed by atoms with Crippen LogP contribution in [0.25, 0.3) is 77.1 Å². The molecule has 0 aliphatic rings. The summed E-state index contributed by atoms with van der Waals surface area (Å²) in [7, 11) is 0. The van der Waals surface area contributed by atoms with E-state index in [0.29, 0.717) is 46.5 Å². The van der Waals surface area contributed by atoms with Crippen molar-refractivity contribution in [2.75, 3.05) is 0 Å². The molecule has 0 atom stereocenters. The van der Waals surface area contributed by atoms with Crippen molar-refractivity contribution in [2.24, 2.45) is 0 Å². The molecule has 0 aliphatic heterocycles. The average Bonchev–Trinajstić information content (AvgIpc) is 3.69. The standard InChI is InChI=1S/C38H32NO.C13H12N.Ir/c1-5-25(6-2)28-17-18-29(23(3)20-28)34-21-35(39-22-24(34)4)33-13-9-12-31-32-19-16-27-15-14-26-10-7-8-11-30(26)36(27)38(32)40-37(31)33;1-10-3-6-12(7-4-10)13-8-5-11(2)9-14-13;/h7-12,14-22,25H,5-6H2,1-4H3;3-6,8-9H,1-2H3;/q2*-1;/i3D3,4D3,25D;1D3,2D3;. The molecule has 4 heteroatoms. The third kappa shape index (κ3) is 7.37. The molecule has 3 heterocycles. The number of hydrogen-bond donors (Lipinski definition) is 0. The quantitative estimate of drug-likeness (QED) is 0.123. The van der Waals surface area contributed by atoms with Gasteiger partial charge in [0.2, 0.25) is 0 Å². The molecular weight excluding hydrogens is 849 g/mol. The first kappa shape index (κ1) is 24.9. The normalized spacial score (nSPS) is 15.9. The summed E-state index contributed by atoms with van der Waals surface area (Å²) < 4.78 is 109. The number of hydrogen-bond acceptors (Lipinski definition) is 3. The zero-order chi connectivity index (χ0) is 48.3. The van der Waals surface area contributed by atoms with Crippen LogP contribution in [0.15, 0.2) is 132 Å². The number of pyridine rings is 2. The van der Waals surface area contributed by atoms with Crippen LogP contribution in [0.4, 0.5) is 0 Å². The maximum atomic E-state index is 8.94. The Morgan fingerprint density at radius 2 is 1.44 bits per heavy atom. The monoisotopic (exact) mass is 906 g/mol. The van der Waals surface area contributed by atoms with Gasteiger partial charge in [0.1, 0.15) is 5.58 Å². The molecule has 55 heavy (non-hydrogen) atoms. The van der Waals surface area contributed by atoms with E-state index in [2.05, 4.69) is 52.4 Å². The van der Waals surface area contributed by atoms with E-state index >= 15 is 0 Å². The van der Waals surface area contributed by atoms with E-state index in [-0.39, 0.29) is 53.5 Å². The van der Waals surface area contributed by atoms with E-state index in [1.165, 1.54) is 30.6 Å². The number of aromatic nitrogens is 2. The second-order valence-corrected chi connectivity index (χ2v) is 13.1. The maximum Gasteiger partial charge on any atom is 0.129 e. The van der Waals surface area contributed by atoms with Crippen LogP contribution in [0.2, 0.25) is 0 Å². The van der Waals surface area contributed by atoms with Gasteiger partial charge in [-0.2, -0.15) is 0 Å². The molecule has 3 aromatic heterocycles. The topological polar surface area (TPSA) is 38.9 Å². The first-order valence-electron chi connectivity index (χ1n) is 24.3. The van der Waals surface area contributed by atoms with Crippen LogP contribution in [-0.4, -0.2) is 9.97 Å². The Morgan fingerprint density at radius 1 is 0.655 bits per heavy atom. The SMILES string of the molecule is [2H]C([2H])([2H])c1c[c-]c(-c2ccc(C([2H])([2H])[2H])cn2)cc1.[2H]C([2H])([2H])c1cnc(-c2[c-]ccc3c2oc2c3ccc3ccc4ccccc4c32)cc1-c1ccc(C([2H])(CC)CC)cc1C([2H])([2H])[2H].[Ir]. The molecular formula is C51H44IrN2O-2. The second-order valence-electron chi connectivity index (χ2n) is 13.1. The molecule has 1 radical (unpaired) electrons. The Morgan fingerprint density at radius 3 is 2.20 bits per heavy atom. The van der Waals surface area contributed by atoms with Crippen LogP contribution in [0.3, 0.4) is 0 Å². The van der Waals surface area contributed by atoms with E-state index in [1.54, 1.807) is 42.5 Å². The molecule has 3 nitrogen and oxygen atoms in total. The van der Waals surface area contributed by atoms with Crippen LogP contribution in [0, 0.1) is 39.5 Å². The minimum atomic E-state index is -2.56. The molecule has 0 saturated carbocycles. The summed E-state index contributed by atoms with van der Waals surface area (Å²) in [6.45, 7) is -5.65.